The number of ether oxygens (including phenoxy) is 1. The van der Waals surface area contributed by atoms with Gasteiger partial charge in [-0.3, -0.25) is 9.11 Å². The zero-order chi connectivity index (χ0) is 44.6. The molecule has 19 heteroatoms. The summed E-state index contributed by atoms with van der Waals surface area (Å²) in [4.78, 5) is 0.779. The number of hydrogen-bond donors (Lipinski definition) is 4. The normalized spacial score (nSPS) is 15.4. The minimum absolute atomic E-state index is 0.287. The molecule has 0 radical (unpaired) electrons. The van der Waals surface area contributed by atoms with Crippen LogP contribution in [0.5, 0.6) is 0 Å². The Morgan fingerprint density at radius 3 is 1.52 bits per heavy atom. The van der Waals surface area contributed by atoms with Crippen molar-refractivity contribution < 1.29 is 64.4 Å². The summed E-state index contributed by atoms with van der Waals surface area (Å²) in [5.74, 6) is 1.82. The third-order valence-corrected chi connectivity index (χ3v) is 12.9. The molecule has 63 heavy (non-hydrogen) atoms. The summed E-state index contributed by atoms with van der Waals surface area (Å²) in [6.07, 6.45) is 13.4. The third kappa shape index (κ3) is 12.1. The molecule has 0 unspecified atom stereocenters. The van der Waals surface area contributed by atoms with Crippen molar-refractivity contribution in [1.29, 1.82) is 0 Å². The van der Waals surface area contributed by atoms with Crippen molar-refractivity contribution >= 4 is 73.5 Å². The van der Waals surface area contributed by atoms with Gasteiger partial charge >= 0.3 is 11.5 Å². The van der Waals surface area contributed by atoms with E-state index in [1.54, 1.807) is 36.4 Å². The van der Waals surface area contributed by atoms with Gasteiger partial charge in [-0.05, 0) is 151 Å². The van der Waals surface area contributed by atoms with Crippen LogP contribution in [0.3, 0.4) is 0 Å². The molecular formula is C44H34ClO14S4+. The van der Waals surface area contributed by atoms with Gasteiger partial charge in [-0.2, -0.15) is 16.8 Å². The topological polar surface area (TPSA) is 207 Å². The lowest BCUT2D eigenvalue weighted by molar-refractivity contribution is -0.432. The van der Waals surface area contributed by atoms with Crippen molar-refractivity contribution in [2.75, 3.05) is 0 Å². The monoisotopic (exact) mass is 949 g/mol. The van der Waals surface area contributed by atoms with Crippen LogP contribution in [0.25, 0.3) is 40.2 Å². The molecule has 5 aromatic rings. The quantitative estimate of drug-likeness (QED) is 0.0253. The van der Waals surface area contributed by atoms with Crippen molar-refractivity contribution in [3.63, 3.8) is 0 Å². The molecule has 0 fully saturated rings. The van der Waals surface area contributed by atoms with E-state index in [0.29, 0.717) is 61.0 Å². The van der Waals surface area contributed by atoms with Crippen LogP contribution in [0.2, 0.25) is 0 Å². The minimum atomic E-state index is -4.43. The van der Waals surface area contributed by atoms with E-state index < -0.39 is 20.2 Å². The molecule has 14 nitrogen and oxygen atoms in total. The fourth-order valence-corrected chi connectivity index (χ4v) is 8.43. The van der Waals surface area contributed by atoms with Crippen LogP contribution in [0, 0.1) is 0 Å². The van der Waals surface area contributed by atoms with Crippen molar-refractivity contribution in [2.24, 2.45) is 0 Å². The summed E-state index contributed by atoms with van der Waals surface area (Å²) in [5, 5.41) is 25.1. The van der Waals surface area contributed by atoms with Gasteiger partial charge in [0.1, 0.15) is 11.5 Å². The molecule has 0 amide bonds. The molecule has 0 spiro atoms. The second-order valence-electron chi connectivity index (χ2n) is 13.6. The molecule has 0 atom stereocenters. The summed E-state index contributed by atoms with van der Waals surface area (Å²) in [7, 11) is -8.86. The molecule has 324 valence electrons. The van der Waals surface area contributed by atoms with E-state index in [1.807, 2.05) is 60.7 Å². The molecule has 4 N–H and O–H groups in total. The van der Waals surface area contributed by atoms with E-state index in [1.165, 1.54) is 48.5 Å². The van der Waals surface area contributed by atoms with Crippen molar-refractivity contribution in [1.82, 2.24) is 0 Å². The average Bonchev–Trinajstić information content (AvgIpc) is 3.29. The first-order valence-corrected chi connectivity index (χ1v) is 23.3. The Bertz CT molecular complexity index is 2730. The molecule has 2 aliphatic rings. The standard InChI is InChI=1S/C44H33ClO14S4/c45-44-34(6-4-28-24-40(30-8-16-36(17-9-30)60-58-56-46)54-41(25-28)31-10-18-37(19-11-31)61-59-57-47)2-1-3-35(44)7-5-29-26-42(32-12-20-38(21-13-32)62(48,49)50)55-43(27-29)33-14-22-39(23-15-33)63(51,52)53/h4-27H,1-3H2,(H3-,46,47,48,49,50,51,52,53)/p+1. The highest BCUT2D eigenvalue weighted by Gasteiger charge is 2.22. The van der Waals surface area contributed by atoms with Gasteiger partial charge in [0.25, 0.3) is 20.2 Å². The van der Waals surface area contributed by atoms with E-state index in [-0.39, 0.29) is 9.79 Å². The Labute approximate surface area is 375 Å². The van der Waals surface area contributed by atoms with E-state index in [2.05, 4.69) is 18.7 Å². The van der Waals surface area contributed by atoms with Gasteiger partial charge in [0.15, 0.2) is 0 Å². The van der Waals surface area contributed by atoms with E-state index in [4.69, 9.17) is 31.3 Å². The Morgan fingerprint density at radius 2 is 1.08 bits per heavy atom. The first-order valence-electron chi connectivity index (χ1n) is 18.5. The second-order valence-corrected chi connectivity index (χ2v) is 18.4. The van der Waals surface area contributed by atoms with Gasteiger partial charge < -0.3 is 4.74 Å². The van der Waals surface area contributed by atoms with E-state index in [0.717, 1.165) is 64.8 Å². The van der Waals surface area contributed by atoms with Crippen molar-refractivity contribution in [3.8, 4) is 22.6 Å². The van der Waals surface area contributed by atoms with Gasteiger partial charge in [0, 0.05) is 26.0 Å². The van der Waals surface area contributed by atoms with Gasteiger partial charge in [0.2, 0.25) is 0 Å². The zero-order valence-corrected chi connectivity index (χ0v) is 36.4. The lowest BCUT2D eigenvalue weighted by Gasteiger charge is -2.20. The first kappa shape index (κ1) is 45.9. The summed E-state index contributed by atoms with van der Waals surface area (Å²) < 4.78 is 87.4. The highest BCUT2D eigenvalue weighted by molar-refractivity contribution is 7.94. The lowest BCUT2D eigenvalue weighted by Crippen LogP contribution is -2.02. The number of rotatable bonds is 15. The number of hydrogen-bond acceptors (Lipinski definition) is 13. The predicted molar refractivity (Wildman–Crippen MR) is 237 cm³/mol. The van der Waals surface area contributed by atoms with Gasteiger partial charge in [0.05, 0.1) is 57.1 Å². The maximum Gasteiger partial charge on any atom is 0.361 e. The Hall–Kier alpha value is -5.16. The van der Waals surface area contributed by atoms with Crippen LogP contribution in [0.1, 0.15) is 36.0 Å². The summed E-state index contributed by atoms with van der Waals surface area (Å²) in [5.41, 5.74) is 5.83. The van der Waals surface area contributed by atoms with Crippen LogP contribution >= 0.6 is 35.7 Å². The van der Waals surface area contributed by atoms with E-state index >= 15 is 0 Å². The molecule has 4 aromatic carbocycles. The lowest BCUT2D eigenvalue weighted by atomic mass is 9.93. The van der Waals surface area contributed by atoms with Crippen LogP contribution in [-0.4, -0.2) is 36.5 Å². The smallest absolute Gasteiger partial charge is 0.361 e. The van der Waals surface area contributed by atoms with Crippen molar-refractivity contribution in [2.45, 2.75) is 38.8 Å². The minimum Gasteiger partial charge on any atom is -0.456 e. The number of allylic oxidation sites excluding steroid dienone is 9. The fraction of sp³-hybridized carbons (Fsp3) is 0.0682. The van der Waals surface area contributed by atoms with Gasteiger partial charge in [-0.25, -0.2) is 14.9 Å². The van der Waals surface area contributed by atoms with Crippen LogP contribution in [-0.2, 0) is 43.7 Å². The second kappa shape index (κ2) is 20.6. The molecular weight excluding hydrogens is 916 g/mol. The molecule has 2 heterocycles. The SMILES string of the molecule is O=S(=O)(O)c1ccc(C2=CC(=CC=C3CCCC(C=Cc4cc(-c5ccc(SOOO)cc5)[o+]c(-c5ccc(SOOO)cc5)c4)=C3Cl)C=C(c3ccc(S(=O)(=O)O)cc3)O2)cc1. The molecule has 1 aliphatic heterocycles. The summed E-state index contributed by atoms with van der Waals surface area (Å²) in [6.45, 7) is 0. The molecule has 0 saturated heterocycles. The average molecular weight is 950 g/mol. The molecule has 0 bridgehead atoms. The molecule has 0 saturated carbocycles. The Morgan fingerprint density at radius 1 is 0.619 bits per heavy atom. The Balaban J connectivity index is 1.21. The molecule has 1 aliphatic carbocycles. The maximum absolute atomic E-state index is 11.7. The predicted octanol–water partition coefficient (Wildman–Crippen LogP) is 11.9. The largest absolute Gasteiger partial charge is 0.456 e. The van der Waals surface area contributed by atoms with Crippen LogP contribution in [0.15, 0.2) is 185 Å². The maximum atomic E-state index is 11.7. The number of benzene rings is 4. The molecule has 7 rings (SSSR count). The first-order chi connectivity index (χ1) is 30.3. The fourth-order valence-electron chi connectivity index (χ4n) is 6.45. The van der Waals surface area contributed by atoms with E-state index in [9.17, 15) is 25.9 Å². The van der Waals surface area contributed by atoms with Crippen LogP contribution < -0.4 is 0 Å². The highest BCUT2D eigenvalue weighted by atomic mass is 35.5. The zero-order valence-electron chi connectivity index (χ0n) is 32.4. The van der Waals surface area contributed by atoms with Gasteiger partial charge in [-0.1, -0.05) is 46.0 Å². The Kier molecular flexibility index (Phi) is 15.0. The van der Waals surface area contributed by atoms with Crippen LogP contribution in [0.4, 0.5) is 0 Å². The third-order valence-electron chi connectivity index (χ3n) is 9.51. The van der Waals surface area contributed by atoms with Gasteiger partial charge in [-0.15, -0.1) is 8.67 Å². The van der Waals surface area contributed by atoms with Crippen molar-refractivity contribution in [3.05, 3.63) is 178 Å². The number of halogens is 1. The molecule has 1 aromatic heterocycles. The highest BCUT2D eigenvalue weighted by Crippen LogP contribution is 2.37. The summed E-state index contributed by atoms with van der Waals surface area (Å²) in [6, 6.07) is 29.2. The summed E-state index contributed by atoms with van der Waals surface area (Å²) >= 11 is 8.76.